The highest BCUT2D eigenvalue weighted by atomic mass is 32.1. The van der Waals surface area contributed by atoms with E-state index in [1.54, 1.807) is 11.3 Å². The van der Waals surface area contributed by atoms with Crippen LogP contribution in [0.2, 0.25) is 0 Å². The van der Waals surface area contributed by atoms with Crippen molar-refractivity contribution in [2.24, 2.45) is 0 Å². The average molecular weight is 239 g/mol. The zero-order valence-corrected chi connectivity index (χ0v) is 11.0. The van der Waals surface area contributed by atoms with Crippen molar-refractivity contribution in [2.45, 2.75) is 38.3 Å². The van der Waals surface area contributed by atoms with Gasteiger partial charge in [0.25, 0.3) is 0 Å². The largest absolute Gasteiger partial charge is 0.313 e. The molecule has 0 aliphatic carbocycles. The van der Waals surface area contributed by atoms with Crippen molar-refractivity contribution in [2.75, 3.05) is 20.1 Å². The lowest BCUT2D eigenvalue weighted by Gasteiger charge is -2.35. The Morgan fingerprint density at radius 1 is 1.62 bits per heavy atom. The van der Waals surface area contributed by atoms with E-state index in [9.17, 15) is 0 Å². The number of piperidine rings is 1. The molecule has 3 nitrogen and oxygen atoms in total. The summed E-state index contributed by atoms with van der Waals surface area (Å²) < 4.78 is 0. The quantitative estimate of drug-likeness (QED) is 0.868. The fourth-order valence-electron chi connectivity index (χ4n) is 2.23. The third-order valence-corrected chi connectivity index (χ3v) is 4.30. The number of nitrogens with one attached hydrogen (secondary N) is 1. The Morgan fingerprint density at radius 3 is 3.19 bits per heavy atom. The molecule has 2 rings (SSSR count). The van der Waals surface area contributed by atoms with Gasteiger partial charge in [0.15, 0.2) is 0 Å². The molecule has 0 saturated carbocycles. The topological polar surface area (TPSA) is 28.2 Å². The van der Waals surface area contributed by atoms with Crippen LogP contribution in [0.3, 0.4) is 0 Å². The first kappa shape index (κ1) is 12.0. The molecule has 2 atom stereocenters. The molecule has 1 N–H and O–H groups in total. The van der Waals surface area contributed by atoms with Crippen molar-refractivity contribution >= 4 is 11.3 Å². The highest BCUT2D eigenvalue weighted by molar-refractivity contribution is 7.09. The van der Waals surface area contributed by atoms with Crippen LogP contribution >= 0.6 is 11.3 Å². The lowest BCUT2D eigenvalue weighted by atomic mass is 9.99. The molecule has 90 valence electrons. The van der Waals surface area contributed by atoms with Crippen LogP contribution in [0, 0.1) is 0 Å². The number of aromatic nitrogens is 1. The fourth-order valence-corrected chi connectivity index (χ4v) is 2.85. The molecule has 0 amide bonds. The third kappa shape index (κ3) is 3.27. The van der Waals surface area contributed by atoms with Crippen molar-refractivity contribution in [3.8, 4) is 0 Å². The Labute approximate surface area is 102 Å². The molecular weight excluding hydrogens is 218 g/mol. The minimum Gasteiger partial charge on any atom is -0.313 e. The maximum absolute atomic E-state index is 4.30. The van der Waals surface area contributed by atoms with Crippen LogP contribution in [-0.2, 0) is 6.42 Å². The molecule has 0 radical (unpaired) electrons. The van der Waals surface area contributed by atoms with Crippen LogP contribution in [0.15, 0.2) is 11.6 Å². The van der Waals surface area contributed by atoms with Crippen molar-refractivity contribution in [3.05, 3.63) is 16.6 Å². The van der Waals surface area contributed by atoms with Gasteiger partial charge >= 0.3 is 0 Å². The van der Waals surface area contributed by atoms with E-state index in [0.29, 0.717) is 12.1 Å². The molecule has 1 aromatic heterocycles. The predicted octanol–water partition coefficient (Wildman–Crippen LogP) is 1.76. The summed E-state index contributed by atoms with van der Waals surface area (Å²) in [5.41, 5.74) is 0. The van der Waals surface area contributed by atoms with E-state index in [-0.39, 0.29) is 0 Å². The number of likely N-dealkylation sites (tertiary alicyclic amines) is 1. The molecule has 0 spiro atoms. The number of thiazole rings is 1. The summed E-state index contributed by atoms with van der Waals surface area (Å²) in [6.45, 7) is 4.60. The van der Waals surface area contributed by atoms with Crippen LogP contribution in [-0.4, -0.2) is 42.1 Å². The van der Waals surface area contributed by atoms with Crippen LogP contribution in [0.1, 0.15) is 24.8 Å². The Kier molecular flexibility index (Phi) is 4.32. The summed E-state index contributed by atoms with van der Waals surface area (Å²) in [6, 6.07) is 1.41. The molecular formula is C12H21N3S. The van der Waals surface area contributed by atoms with Gasteiger partial charge in [0.05, 0.1) is 5.01 Å². The van der Waals surface area contributed by atoms with Gasteiger partial charge in [-0.3, -0.25) is 0 Å². The first-order valence-corrected chi connectivity index (χ1v) is 6.95. The molecule has 16 heavy (non-hydrogen) atoms. The van der Waals surface area contributed by atoms with Gasteiger partial charge in [0.1, 0.15) is 0 Å². The van der Waals surface area contributed by atoms with Gasteiger partial charge < -0.3 is 10.2 Å². The molecule has 0 bridgehead atoms. The molecule has 1 aliphatic heterocycles. The summed E-state index contributed by atoms with van der Waals surface area (Å²) in [5.74, 6) is 0. The SMILES string of the molecule is CC1CC(NCCc2nccs2)CCN1C. The Hall–Kier alpha value is -0.450. The summed E-state index contributed by atoms with van der Waals surface area (Å²) in [6.07, 6.45) is 5.50. The fraction of sp³-hybridized carbons (Fsp3) is 0.750. The van der Waals surface area contributed by atoms with Gasteiger partial charge in [-0.15, -0.1) is 11.3 Å². The highest BCUT2D eigenvalue weighted by Gasteiger charge is 2.21. The van der Waals surface area contributed by atoms with E-state index < -0.39 is 0 Å². The molecule has 1 fully saturated rings. The first-order chi connectivity index (χ1) is 7.75. The minimum atomic E-state index is 0.700. The second kappa shape index (κ2) is 5.75. The predicted molar refractivity (Wildman–Crippen MR) is 68.9 cm³/mol. The summed E-state index contributed by atoms with van der Waals surface area (Å²) in [4.78, 5) is 6.74. The standard InChI is InChI=1S/C12H21N3S/c1-10-9-11(4-7-15(10)2)13-5-3-12-14-6-8-16-12/h6,8,10-11,13H,3-5,7,9H2,1-2H3. The van der Waals surface area contributed by atoms with Crippen molar-refractivity contribution in [1.82, 2.24) is 15.2 Å². The van der Waals surface area contributed by atoms with Crippen LogP contribution in [0.25, 0.3) is 0 Å². The van der Waals surface area contributed by atoms with E-state index in [4.69, 9.17) is 0 Å². The van der Waals surface area contributed by atoms with Gasteiger partial charge in [0.2, 0.25) is 0 Å². The first-order valence-electron chi connectivity index (χ1n) is 6.07. The normalized spacial score (nSPS) is 27.1. The van der Waals surface area contributed by atoms with Crippen LogP contribution < -0.4 is 5.32 Å². The van der Waals surface area contributed by atoms with E-state index in [2.05, 4.69) is 29.2 Å². The number of rotatable bonds is 4. The third-order valence-electron chi connectivity index (χ3n) is 3.46. The second-order valence-electron chi connectivity index (χ2n) is 4.68. The lowest BCUT2D eigenvalue weighted by molar-refractivity contribution is 0.169. The maximum atomic E-state index is 4.30. The zero-order chi connectivity index (χ0) is 11.4. The molecule has 1 saturated heterocycles. The van der Waals surface area contributed by atoms with Crippen LogP contribution in [0.4, 0.5) is 0 Å². The lowest BCUT2D eigenvalue weighted by Crippen LogP contribution is -2.46. The number of hydrogen-bond acceptors (Lipinski definition) is 4. The molecule has 2 unspecified atom stereocenters. The Morgan fingerprint density at radius 2 is 2.50 bits per heavy atom. The smallest absolute Gasteiger partial charge is 0.0937 e. The molecule has 4 heteroatoms. The molecule has 1 aliphatic rings. The van der Waals surface area contributed by atoms with Gasteiger partial charge in [-0.1, -0.05) is 0 Å². The van der Waals surface area contributed by atoms with Gasteiger partial charge in [-0.25, -0.2) is 4.98 Å². The number of hydrogen-bond donors (Lipinski definition) is 1. The van der Waals surface area contributed by atoms with Gasteiger partial charge in [-0.05, 0) is 33.4 Å². The average Bonchev–Trinajstić information content (AvgIpc) is 2.76. The van der Waals surface area contributed by atoms with Crippen molar-refractivity contribution in [3.63, 3.8) is 0 Å². The molecule has 2 heterocycles. The maximum Gasteiger partial charge on any atom is 0.0937 e. The van der Waals surface area contributed by atoms with E-state index in [1.807, 2.05) is 11.6 Å². The highest BCUT2D eigenvalue weighted by Crippen LogP contribution is 2.15. The van der Waals surface area contributed by atoms with Gasteiger partial charge in [0, 0.05) is 36.6 Å². The second-order valence-corrected chi connectivity index (χ2v) is 5.66. The minimum absolute atomic E-state index is 0.700. The zero-order valence-electron chi connectivity index (χ0n) is 10.1. The number of nitrogens with zero attached hydrogens (tertiary/aromatic N) is 2. The summed E-state index contributed by atoms with van der Waals surface area (Å²) >= 11 is 1.75. The Balaban J connectivity index is 1.67. The summed E-state index contributed by atoms with van der Waals surface area (Å²) in [5, 5.41) is 6.94. The monoisotopic (exact) mass is 239 g/mol. The summed E-state index contributed by atoms with van der Waals surface area (Å²) in [7, 11) is 2.22. The van der Waals surface area contributed by atoms with E-state index >= 15 is 0 Å². The molecule has 1 aromatic rings. The van der Waals surface area contributed by atoms with Gasteiger partial charge in [-0.2, -0.15) is 0 Å². The van der Waals surface area contributed by atoms with E-state index in [1.165, 1.54) is 24.4 Å². The Bertz CT molecular complexity index is 299. The molecule has 0 aromatic carbocycles. The van der Waals surface area contributed by atoms with Crippen LogP contribution in [0.5, 0.6) is 0 Å². The van der Waals surface area contributed by atoms with E-state index in [0.717, 1.165) is 13.0 Å². The van der Waals surface area contributed by atoms with Crippen molar-refractivity contribution in [1.29, 1.82) is 0 Å². The van der Waals surface area contributed by atoms with Crippen molar-refractivity contribution < 1.29 is 0 Å².